The van der Waals surface area contributed by atoms with Crippen LogP contribution < -0.4 is 51.4 Å². The summed E-state index contributed by atoms with van der Waals surface area (Å²) in [6.45, 7) is 3.09. The minimum absolute atomic E-state index is 0. The third kappa shape index (κ3) is 16.2. The summed E-state index contributed by atoms with van der Waals surface area (Å²) >= 11 is 0. The van der Waals surface area contributed by atoms with Gasteiger partial charge in [-0.1, -0.05) is 96.1 Å². The molecule has 7 nitrogen and oxygen atoms in total. The van der Waals surface area contributed by atoms with Crippen molar-refractivity contribution in [3.05, 3.63) is 35.4 Å². The quantitative estimate of drug-likeness (QED) is 0.116. The molecule has 0 aliphatic carbocycles. The van der Waals surface area contributed by atoms with E-state index in [-0.39, 0.29) is 69.1 Å². The van der Waals surface area contributed by atoms with Gasteiger partial charge in [0, 0.05) is 0 Å². The first-order valence-electron chi connectivity index (χ1n) is 12.6. The molecule has 0 saturated heterocycles. The largest absolute Gasteiger partial charge is 1.00 e. The maximum absolute atomic E-state index is 12.4. The zero-order valence-electron chi connectivity index (χ0n) is 21.8. The molecule has 9 heteroatoms. The van der Waals surface area contributed by atoms with Crippen LogP contribution in [-0.2, 0) is 19.6 Å². The van der Waals surface area contributed by atoms with E-state index in [1.165, 1.54) is 76.3 Å². The van der Waals surface area contributed by atoms with Crippen LogP contribution in [0.3, 0.4) is 0 Å². The monoisotopic (exact) mass is 536 g/mol. The average molecular weight is 537 g/mol. The Balaban J connectivity index is 0.0000116. The first-order valence-corrected chi connectivity index (χ1v) is 14.1. The Morgan fingerprint density at radius 1 is 0.771 bits per heavy atom. The third-order valence-electron chi connectivity index (χ3n) is 5.79. The van der Waals surface area contributed by atoms with Gasteiger partial charge >= 0.3 is 63.3 Å². The molecular formula is C26H41KO7S. The standard InChI is InChI=1S/C26H42O7S.K/c1-3-4-5-6-7-8-9-10-11-12-13-14-17-20-32-25(27)23-18-15-16-19-24(23)26(28)33-21-22(2)34(29,30)31;/h15-16,18-19,22H,3-14,17,20-21H2,1-2H3,(H,29,30,31);/q;+1/p-1. The molecule has 35 heavy (non-hydrogen) atoms. The molecule has 0 aromatic heterocycles. The summed E-state index contributed by atoms with van der Waals surface area (Å²) in [5.74, 6) is -1.50. The Morgan fingerprint density at radius 2 is 1.17 bits per heavy atom. The van der Waals surface area contributed by atoms with Gasteiger partial charge in [0.15, 0.2) is 0 Å². The van der Waals surface area contributed by atoms with Crippen molar-refractivity contribution in [3.63, 3.8) is 0 Å². The summed E-state index contributed by atoms with van der Waals surface area (Å²) in [4.78, 5) is 24.7. The molecule has 1 aromatic carbocycles. The predicted octanol–water partition coefficient (Wildman–Crippen LogP) is 3.03. The van der Waals surface area contributed by atoms with Crippen molar-refractivity contribution < 1.29 is 83.4 Å². The van der Waals surface area contributed by atoms with E-state index in [1.54, 1.807) is 12.1 Å². The van der Waals surface area contributed by atoms with Crippen LogP contribution in [0.15, 0.2) is 24.3 Å². The Hall–Kier alpha value is -0.294. The topological polar surface area (TPSA) is 110 Å². The van der Waals surface area contributed by atoms with Crippen LogP contribution in [0, 0.1) is 0 Å². The minimum Gasteiger partial charge on any atom is -0.748 e. The molecule has 0 N–H and O–H groups in total. The second kappa shape index (κ2) is 20.7. The molecule has 0 saturated carbocycles. The van der Waals surface area contributed by atoms with E-state index in [0.29, 0.717) is 0 Å². The summed E-state index contributed by atoms with van der Waals surface area (Å²) in [6.07, 6.45) is 16.0. The van der Waals surface area contributed by atoms with Crippen LogP contribution in [0.25, 0.3) is 0 Å². The third-order valence-corrected chi connectivity index (χ3v) is 6.91. The van der Waals surface area contributed by atoms with Gasteiger partial charge in [-0.2, -0.15) is 0 Å². The van der Waals surface area contributed by atoms with E-state index in [4.69, 9.17) is 9.47 Å². The summed E-state index contributed by atoms with van der Waals surface area (Å²) < 4.78 is 43.1. The van der Waals surface area contributed by atoms with Gasteiger partial charge < -0.3 is 14.0 Å². The Labute approximate surface area is 254 Å². The van der Waals surface area contributed by atoms with Gasteiger partial charge in [-0.3, -0.25) is 0 Å². The number of rotatable bonds is 19. The van der Waals surface area contributed by atoms with Gasteiger partial charge in [-0.05, 0) is 25.5 Å². The van der Waals surface area contributed by atoms with Gasteiger partial charge in [-0.15, -0.1) is 0 Å². The Bertz CT molecular complexity index is 827. The van der Waals surface area contributed by atoms with E-state index < -0.39 is 33.9 Å². The number of unbranched alkanes of at least 4 members (excludes halogenated alkanes) is 12. The molecule has 0 bridgehead atoms. The van der Waals surface area contributed by atoms with Gasteiger partial charge in [-0.25, -0.2) is 18.0 Å². The molecule has 0 aliphatic heterocycles. The SMILES string of the molecule is CCCCCCCCCCCCCCCOC(=O)c1ccccc1C(=O)OCC(C)S(=O)(=O)[O-].[K+]. The number of carbonyl (C=O) groups is 2. The van der Waals surface area contributed by atoms with Crippen molar-refractivity contribution in [1.29, 1.82) is 0 Å². The number of hydrogen-bond donors (Lipinski definition) is 0. The molecule has 1 aromatic rings. The van der Waals surface area contributed by atoms with E-state index in [0.717, 1.165) is 26.2 Å². The molecule has 0 aliphatic rings. The van der Waals surface area contributed by atoms with Crippen LogP contribution in [0.2, 0.25) is 0 Å². The molecule has 1 rings (SSSR count). The zero-order valence-corrected chi connectivity index (χ0v) is 25.7. The molecule has 0 heterocycles. The second-order valence-electron chi connectivity index (χ2n) is 8.83. The van der Waals surface area contributed by atoms with Crippen LogP contribution >= 0.6 is 0 Å². The fourth-order valence-corrected chi connectivity index (χ4v) is 3.79. The molecule has 0 amide bonds. The number of benzene rings is 1. The summed E-state index contributed by atoms with van der Waals surface area (Å²) in [6, 6.07) is 6.02. The minimum atomic E-state index is -4.56. The van der Waals surface area contributed by atoms with Crippen molar-refractivity contribution in [2.45, 2.75) is 103 Å². The molecule has 194 valence electrons. The first-order chi connectivity index (χ1) is 16.3. The number of carbonyl (C=O) groups excluding carboxylic acids is 2. The fraction of sp³-hybridized carbons (Fsp3) is 0.692. The van der Waals surface area contributed by atoms with Crippen LogP contribution in [0.1, 0.15) is 118 Å². The van der Waals surface area contributed by atoms with Crippen LogP contribution in [0.4, 0.5) is 0 Å². The van der Waals surface area contributed by atoms with Gasteiger partial charge in [0.25, 0.3) is 0 Å². The number of esters is 2. The van der Waals surface area contributed by atoms with Gasteiger partial charge in [0.05, 0.1) is 23.0 Å². The van der Waals surface area contributed by atoms with E-state index in [9.17, 15) is 22.6 Å². The van der Waals surface area contributed by atoms with Crippen molar-refractivity contribution >= 4 is 22.1 Å². The van der Waals surface area contributed by atoms with Gasteiger partial charge in [0.2, 0.25) is 0 Å². The average Bonchev–Trinajstić information content (AvgIpc) is 2.81. The molecule has 0 spiro atoms. The first kappa shape index (κ1) is 34.7. The van der Waals surface area contributed by atoms with E-state index >= 15 is 0 Å². The predicted molar refractivity (Wildman–Crippen MR) is 132 cm³/mol. The van der Waals surface area contributed by atoms with Crippen molar-refractivity contribution in [2.24, 2.45) is 0 Å². The smallest absolute Gasteiger partial charge is 0.748 e. The van der Waals surface area contributed by atoms with Gasteiger partial charge in [0.1, 0.15) is 16.7 Å². The summed E-state index contributed by atoms with van der Waals surface area (Å²) in [7, 11) is -4.56. The maximum atomic E-state index is 12.4. The van der Waals surface area contributed by atoms with E-state index in [2.05, 4.69) is 6.92 Å². The summed E-state index contributed by atoms with van der Waals surface area (Å²) in [5, 5.41) is -1.37. The molecular weight excluding hydrogens is 495 g/mol. The molecule has 1 atom stereocenters. The van der Waals surface area contributed by atoms with Crippen molar-refractivity contribution in [3.8, 4) is 0 Å². The normalized spacial score (nSPS) is 12.0. The Kier molecular flexibility index (Phi) is 20.6. The second-order valence-corrected chi connectivity index (χ2v) is 10.6. The number of hydrogen-bond acceptors (Lipinski definition) is 7. The summed E-state index contributed by atoms with van der Waals surface area (Å²) in [5.41, 5.74) is 0.0354. The molecule has 1 unspecified atom stereocenters. The molecule has 0 radical (unpaired) electrons. The Morgan fingerprint density at radius 3 is 1.60 bits per heavy atom. The number of ether oxygens (including phenoxy) is 2. The van der Waals surface area contributed by atoms with E-state index in [1.807, 2.05) is 0 Å². The van der Waals surface area contributed by atoms with Crippen LogP contribution in [0.5, 0.6) is 0 Å². The van der Waals surface area contributed by atoms with Crippen molar-refractivity contribution in [2.75, 3.05) is 13.2 Å². The fourth-order valence-electron chi connectivity index (χ4n) is 3.56. The molecule has 0 fully saturated rings. The maximum Gasteiger partial charge on any atom is 1.00 e. The van der Waals surface area contributed by atoms with Crippen LogP contribution in [-0.4, -0.2) is 43.4 Å². The van der Waals surface area contributed by atoms with Crippen molar-refractivity contribution in [1.82, 2.24) is 0 Å². The zero-order chi connectivity index (χ0) is 25.2.